The molecule has 2 N–H and O–H groups in total. The number of nitrogens with zero attached hydrogens (tertiary/aromatic N) is 2. The average molecular weight is 211 g/mol. The molecule has 1 aromatic heterocycles. The Bertz CT molecular complexity index is 363. The maximum Gasteiger partial charge on any atom is 0.410 e. The normalized spacial score (nSPS) is 11.5. The molecule has 1 aromatic rings. The quantitative estimate of drug-likeness (QED) is 0.788. The van der Waals surface area contributed by atoms with Crippen LogP contribution in [0.4, 0.5) is 10.6 Å². The Kier molecular flexibility index (Phi) is 3.02. The lowest BCUT2D eigenvalue weighted by Gasteiger charge is -2.21. The number of rotatable bonds is 2. The topological polar surface area (TPSA) is 67.2 Å². The van der Waals surface area contributed by atoms with Crippen LogP contribution in [0.15, 0.2) is 6.07 Å². The summed E-state index contributed by atoms with van der Waals surface area (Å²) in [6, 6.07) is 1.76. The third-order valence-electron chi connectivity index (χ3n) is 1.99. The Morgan fingerprint density at radius 2 is 2.20 bits per heavy atom. The van der Waals surface area contributed by atoms with Crippen molar-refractivity contribution in [2.24, 2.45) is 0 Å². The molecule has 5 heteroatoms. The Labute approximate surface area is 89.1 Å². The van der Waals surface area contributed by atoms with Gasteiger partial charge in [0.05, 0.1) is 11.2 Å². The van der Waals surface area contributed by atoms with E-state index in [0.717, 1.165) is 12.1 Å². The van der Waals surface area contributed by atoms with Crippen LogP contribution in [-0.2, 0) is 12.0 Å². The predicted octanol–water partition coefficient (Wildman–Crippen LogP) is 2.29. The van der Waals surface area contributed by atoms with E-state index in [1.807, 2.05) is 27.7 Å². The summed E-state index contributed by atoms with van der Waals surface area (Å²) in [7, 11) is 0. The lowest BCUT2D eigenvalue weighted by molar-refractivity contribution is 0.209. The Morgan fingerprint density at radius 1 is 1.60 bits per heavy atom. The van der Waals surface area contributed by atoms with Crippen molar-refractivity contribution in [3.8, 4) is 0 Å². The monoisotopic (exact) mass is 211 g/mol. The fourth-order valence-electron chi connectivity index (χ4n) is 1.31. The van der Waals surface area contributed by atoms with E-state index in [1.165, 1.54) is 0 Å². The van der Waals surface area contributed by atoms with Crippen LogP contribution in [-0.4, -0.2) is 21.0 Å². The van der Waals surface area contributed by atoms with E-state index in [9.17, 15) is 4.79 Å². The molecule has 1 amide bonds. The van der Waals surface area contributed by atoms with Gasteiger partial charge in [0.15, 0.2) is 0 Å². The standard InChI is InChI=1S/C10H17N3O2/c1-5-7-6-8(11-9(14)15)13(12-7)10(2,3)4/h6,11H,5H2,1-4H3,(H,14,15). The van der Waals surface area contributed by atoms with Gasteiger partial charge in [0, 0.05) is 6.07 Å². The molecule has 0 aliphatic carbocycles. The molecule has 1 heterocycles. The molecule has 1 rings (SSSR count). The highest BCUT2D eigenvalue weighted by Gasteiger charge is 2.20. The smallest absolute Gasteiger partial charge is 0.410 e. The van der Waals surface area contributed by atoms with Gasteiger partial charge in [-0.2, -0.15) is 5.10 Å². The van der Waals surface area contributed by atoms with Crippen molar-refractivity contribution in [1.82, 2.24) is 9.78 Å². The molecular weight excluding hydrogens is 194 g/mol. The first-order valence-electron chi connectivity index (χ1n) is 4.94. The SMILES string of the molecule is CCc1cc(NC(=O)O)n(C(C)(C)C)n1. The van der Waals surface area contributed by atoms with E-state index in [0.29, 0.717) is 5.82 Å². The van der Waals surface area contributed by atoms with Gasteiger partial charge >= 0.3 is 6.09 Å². The number of hydrogen-bond donors (Lipinski definition) is 2. The summed E-state index contributed by atoms with van der Waals surface area (Å²) in [5, 5.41) is 15.4. The zero-order chi connectivity index (χ0) is 11.6. The van der Waals surface area contributed by atoms with Gasteiger partial charge < -0.3 is 5.11 Å². The van der Waals surface area contributed by atoms with Crippen LogP contribution in [0.25, 0.3) is 0 Å². The number of carboxylic acid groups (broad SMARTS) is 1. The van der Waals surface area contributed by atoms with Gasteiger partial charge in [-0.25, -0.2) is 9.48 Å². The van der Waals surface area contributed by atoms with Gasteiger partial charge in [0.25, 0.3) is 0 Å². The van der Waals surface area contributed by atoms with Crippen molar-refractivity contribution < 1.29 is 9.90 Å². The van der Waals surface area contributed by atoms with E-state index in [4.69, 9.17) is 5.11 Å². The van der Waals surface area contributed by atoms with E-state index in [1.54, 1.807) is 10.7 Å². The molecule has 0 spiro atoms. The molecule has 0 saturated heterocycles. The molecule has 84 valence electrons. The first-order valence-corrected chi connectivity index (χ1v) is 4.94. The average Bonchev–Trinajstić information content (AvgIpc) is 2.45. The molecule has 0 aliphatic rings. The highest BCUT2D eigenvalue weighted by molar-refractivity contribution is 5.81. The van der Waals surface area contributed by atoms with Gasteiger partial charge in [-0.3, -0.25) is 5.32 Å². The van der Waals surface area contributed by atoms with Crippen molar-refractivity contribution in [3.63, 3.8) is 0 Å². The number of anilines is 1. The number of nitrogens with one attached hydrogen (secondary N) is 1. The van der Waals surface area contributed by atoms with Crippen LogP contribution in [0.5, 0.6) is 0 Å². The predicted molar refractivity (Wildman–Crippen MR) is 58.2 cm³/mol. The number of carbonyl (C=O) groups is 1. The summed E-state index contributed by atoms with van der Waals surface area (Å²) in [5.41, 5.74) is 0.652. The van der Waals surface area contributed by atoms with Crippen LogP contribution in [0, 0.1) is 0 Å². The van der Waals surface area contributed by atoms with Gasteiger partial charge in [-0.15, -0.1) is 0 Å². The number of hydrogen-bond acceptors (Lipinski definition) is 2. The third-order valence-corrected chi connectivity index (χ3v) is 1.99. The fraction of sp³-hybridized carbons (Fsp3) is 0.600. The summed E-state index contributed by atoms with van der Waals surface area (Å²) in [6.07, 6.45) is -0.278. The molecule has 0 atom stereocenters. The molecule has 0 bridgehead atoms. The van der Waals surface area contributed by atoms with Crippen molar-refractivity contribution in [2.45, 2.75) is 39.7 Å². The minimum atomic E-state index is -1.07. The molecule has 0 fully saturated rings. The second kappa shape index (κ2) is 3.92. The summed E-state index contributed by atoms with van der Waals surface area (Å²) < 4.78 is 1.69. The second-order valence-electron chi connectivity index (χ2n) is 4.39. The van der Waals surface area contributed by atoms with E-state index in [2.05, 4.69) is 10.4 Å². The maximum absolute atomic E-state index is 10.6. The Hall–Kier alpha value is -1.52. The summed E-state index contributed by atoms with van der Waals surface area (Å²) in [6.45, 7) is 7.92. The minimum absolute atomic E-state index is 0.231. The number of amides is 1. The van der Waals surface area contributed by atoms with Gasteiger partial charge in [-0.05, 0) is 27.2 Å². The van der Waals surface area contributed by atoms with Crippen molar-refractivity contribution in [3.05, 3.63) is 11.8 Å². The van der Waals surface area contributed by atoms with E-state index < -0.39 is 6.09 Å². The van der Waals surface area contributed by atoms with Gasteiger partial charge in [0.2, 0.25) is 0 Å². The van der Waals surface area contributed by atoms with E-state index in [-0.39, 0.29) is 5.54 Å². The zero-order valence-corrected chi connectivity index (χ0v) is 9.53. The van der Waals surface area contributed by atoms with Crippen molar-refractivity contribution in [2.75, 3.05) is 5.32 Å². The highest BCUT2D eigenvalue weighted by atomic mass is 16.4. The van der Waals surface area contributed by atoms with Crippen LogP contribution in [0.3, 0.4) is 0 Å². The number of aryl methyl sites for hydroxylation is 1. The maximum atomic E-state index is 10.6. The van der Waals surface area contributed by atoms with Crippen molar-refractivity contribution >= 4 is 11.9 Å². The lowest BCUT2D eigenvalue weighted by atomic mass is 10.1. The first-order chi connectivity index (χ1) is 6.84. The molecular formula is C10H17N3O2. The largest absolute Gasteiger partial charge is 0.465 e. The molecule has 5 nitrogen and oxygen atoms in total. The highest BCUT2D eigenvalue weighted by Crippen LogP contribution is 2.21. The van der Waals surface area contributed by atoms with Gasteiger partial charge in [-0.1, -0.05) is 6.92 Å². The van der Waals surface area contributed by atoms with Crippen molar-refractivity contribution in [1.29, 1.82) is 0 Å². The second-order valence-corrected chi connectivity index (χ2v) is 4.39. The zero-order valence-electron chi connectivity index (χ0n) is 9.53. The van der Waals surface area contributed by atoms with Crippen LogP contribution < -0.4 is 5.32 Å². The van der Waals surface area contributed by atoms with Crippen LogP contribution >= 0.6 is 0 Å². The third kappa shape index (κ3) is 2.71. The first kappa shape index (κ1) is 11.6. The summed E-state index contributed by atoms with van der Waals surface area (Å²) in [4.78, 5) is 10.6. The molecule has 15 heavy (non-hydrogen) atoms. The Balaban J connectivity index is 3.12. The Morgan fingerprint density at radius 3 is 2.60 bits per heavy atom. The van der Waals surface area contributed by atoms with Crippen LogP contribution in [0.1, 0.15) is 33.4 Å². The van der Waals surface area contributed by atoms with Crippen LogP contribution in [0.2, 0.25) is 0 Å². The minimum Gasteiger partial charge on any atom is -0.465 e. The van der Waals surface area contributed by atoms with E-state index >= 15 is 0 Å². The molecule has 0 radical (unpaired) electrons. The molecule has 0 aromatic carbocycles. The molecule has 0 aliphatic heterocycles. The summed E-state index contributed by atoms with van der Waals surface area (Å²) >= 11 is 0. The lowest BCUT2D eigenvalue weighted by Crippen LogP contribution is -2.26. The fourth-order valence-corrected chi connectivity index (χ4v) is 1.31. The molecule has 0 saturated carbocycles. The summed E-state index contributed by atoms with van der Waals surface area (Å²) in [5.74, 6) is 0.520. The van der Waals surface area contributed by atoms with Gasteiger partial charge in [0.1, 0.15) is 5.82 Å². The molecule has 0 unspecified atom stereocenters. The number of aromatic nitrogens is 2.